The van der Waals surface area contributed by atoms with Crippen LogP contribution in [0.5, 0.6) is 0 Å². The van der Waals surface area contributed by atoms with E-state index in [0.29, 0.717) is 18.5 Å². The topological polar surface area (TPSA) is 118 Å². The van der Waals surface area contributed by atoms with E-state index in [-0.39, 0.29) is 11.4 Å². The van der Waals surface area contributed by atoms with Crippen molar-refractivity contribution in [2.24, 2.45) is 5.14 Å². The van der Waals surface area contributed by atoms with Crippen LogP contribution in [0.25, 0.3) is 0 Å². The van der Waals surface area contributed by atoms with E-state index in [2.05, 4.69) is 10.0 Å². The fraction of sp³-hybridized carbons (Fsp3) is 0.500. The Hall–Kier alpha value is -1.00. The fourth-order valence-corrected chi connectivity index (χ4v) is 4.12. The minimum atomic E-state index is -3.73. The summed E-state index contributed by atoms with van der Waals surface area (Å²) in [6.07, 6.45) is 1.49. The van der Waals surface area contributed by atoms with Crippen molar-refractivity contribution < 1.29 is 16.8 Å². The van der Waals surface area contributed by atoms with Crippen LogP contribution in [0.4, 0.5) is 0 Å². The predicted molar refractivity (Wildman–Crippen MR) is 79.5 cm³/mol. The van der Waals surface area contributed by atoms with E-state index in [0.717, 1.165) is 13.0 Å². The second-order valence-corrected chi connectivity index (χ2v) is 8.63. The van der Waals surface area contributed by atoms with Crippen molar-refractivity contribution in [3.8, 4) is 0 Å². The van der Waals surface area contributed by atoms with Crippen molar-refractivity contribution in [2.45, 2.75) is 29.5 Å². The smallest absolute Gasteiger partial charge is 0.238 e. The maximum Gasteiger partial charge on any atom is 0.238 e. The van der Waals surface area contributed by atoms with Gasteiger partial charge in [0.15, 0.2) is 0 Å². The Balaban J connectivity index is 1.99. The van der Waals surface area contributed by atoms with Crippen molar-refractivity contribution in [1.29, 1.82) is 0 Å². The maximum atomic E-state index is 12.1. The average molecular weight is 333 g/mol. The monoisotopic (exact) mass is 333 g/mol. The van der Waals surface area contributed by atoms with Crippen LogP contribution in [0.1, 0.15) is 18.4 Å². The first-order chi connectivity index (χ1) is 9.79. The van der Waals surface area contributed by atoms with Crippen LogP contribution in [0, 0.1) is 0 Å². The predicted octanol–water partition coefficient (Wildman–Crippen LogP) is -0.495. The maximum absolute atomic E-state index is 12.1. The Bertz CT molecular complexity index is 678. The number of hydrogen-bond donors (Lipinski definition) is 3. The van der Waals surface area contributed by atoms with Crippen LogP contribution in [-0.2, 0) is 26.6 Å². The standard InChI is InChI=1S/C12H19N3O4S2/c13-20(16,17)11-5-3-10(4-6-11)8-15-21(18,19)12-2-1-7-14-9-12/h3-6,12,14-15H,1-2,7-9H2,(H2,13,16,17). The van der Waals surface area contributed by atoms with Crippen molar-refractivity contribution in [3.63, 3.8) is 0 Å². The first-order valence-corrected chi connectivity index (χ1v) is 9.69. The highest BCUT2D eigenvalue weighted by Crippen LogP contribution is 2.12. The fourth-order valence-electron chi connectivity index (χ4n) is 2.18. The number of hydrogen-bond acceptors (Lipinski definition) is 5. The lowest BCUT2D eigenvalue weighted by Crippen LogP contribution is -2.44. The normalized spacial score (nSPS) is 20.3. The van der Waals surface area contributed by atoms with E-state index in [1.54, 1.807) is 12.1 Å². The highest BCUT2D eigenvalue weighted by molar-refractivity contribution is 7.90. The second-order valence-electron chi connectivity index (χ2n) is 5.02. The molecule has 21 heavy (non-hydrogen) atoms. The van der Waals surface area contributed by atoms with Crippen molar-refractivity contribution in [3.05, 3.63) is 29.8 Å². The molecule has 1 aliphatic heterocycles. The quantitative estimate of drug-likeness (QED) is 0.671. The van der Waals surface area contributed by atoms with Crippen molar-refractivity contribution in [2.75, 3.05) is 13.1 Å². The van der Waals surface area contributed by atoms with Gasteiger partial charge in [-0.15, -0.1) is 0 Å². The molecule has 1 aliphatic rings. The average Bonchev–Trinajstić information content (AvgIpc) is 2.46. The van der Waals surface area contributed by atoms with Crippen LogP contribution < -0.4 is 15.2 Å². The molecule has 1 fully saturated rings. The molecule has 1 aromatic carbocycles. The molecule has 0 bridgehead atoms. The molecule has 7 nitrogen and oxygen atoms in total. The van der Waals surface area contributed by atoms with Gasteiger partial charge in [-0.25, -0.2) is 26.7 Å². The zero-order valence-electron chi connectivity index (χ0n) is 11.4. The summed E-state index contributed by atoms with van der Waals surface area (Å²) in [7, 11) is -7.10. The number of rotatable bonds is 5. The molecular formula is C12H19N3O4S2. The molecule has 0 saturated carbocycles. The molecule has 9 heteroatoms. The SMILES string of the molecule is NS(=O)(=O)c1ccc(CNS(=O)(=O)C2CCCNC2)cc1. The second kappa shape index (κ2) is 6.41. The molecule has 0 aromatic heterocycles. The van der Waals surface area contributed by atoms with E-state index in [9.17, 15) is 16.8 Å². The number of benzene rings is 1. The van der Waals surface area contributed by atoms with Crippen LogP contribution in [0.3, 0.4) is 0 Å². The molecule has 1 atom stereocenters. The molecule has 0 radical (unpaired) electrons. The van der Waals surface area contributed by atoms with Gasteiger partial charge >= 0.3 is 0 Å². The van der Waals surface area contributed by atoms with E-state index in [4.69, 9.17) is 5.14 Å². The molecule has 2 rings (SSSR count). The minimum Gasteiger partial charge on any atom is -0.315 e. The van der Waals surface area contributed by atoms with Crippen LogP contribution in [0.2, 0.25) is 0 Å². The summed E-state index contributed by atoms with van der Waals surface area (Å²) in [5, 5.41) is 7.64. The van der Waals surface area contributed by atoms with Gasteiger partial charge in [-0.3, -0.25) is 0 Å². The Morgan fingerprint density at radius 1 is 1.19 bits per heavy atom. The van der Waals surface area contributed by atoms with Gasteiger partial charge in [0.2, 0.25) is 20.0 Å². The summed E-state index contributed by atoms with van der Waals surface area (Å²) >= 11 is 0. The summed E-state index contributed by atoms with van der Waals surface area (Å²) in [6, 6.07) is 5.81. The summed E-state index contributed by atoms with van der Waals surface area (Å²) in [6.45, 7) is 1.43. The Kier molecular flexibility index (Phi) is 4.99. The van der Waals surface area contributed by atoms with E-state index in [1.165, 1.54) is 12.1 Å². The largest absolute Gasteiger partial charge is 0.315 e. The summed E-state index contributed by atoms with van der Waals surface area (Å²) in [4.78, 5) is 0.00517. The number of nitrogens with one attached hydrogen (secondary N) is 2. The van der Waals surface area contributed by atoms with Crippen molar-refractivity contribution in [1.82, 2.24) is 10.0 Å². The third-order valence-electron chi connectivity index (χ3n) is 3.42. The molecule has 1 saturated heterocycles. The number of sulfonamides is 2. The van der Waals surface area contributed by atoms with Crippen LogP contribution >= 0.6 is 0 Å². The number of piperidine rings is 1. The van der Waals surface area contributed by atoms with Gasteiger partial charge in [0.1, 0.15) is 0 Å². The molecule has 4 N–H and O–H groups in total. The lowest BCUT2D eigenvalue weighted by Gasteiger charge is -2.23. The lowest BCUT2D eigenvalue weighted by molar-refractivity contribution is 0.490. The zero-order chi connectivity index (χ0) is 15.5. The Labute approximate surface area is 125 Å². The lowest BCUT2D eigenvalue weighted by atomic mass is 10.2. The van der Waals surface area contributed by atoms with Gasteiger partial charge in [0, 0.05) is 13.1 Å². The zero-order valence-corrected chi connectivity index (χ0v) is 13.1. The number of primary sulfonamides is 1. The Morgan fingerprint density at radius 3 is 2.38 bits per heavy atom. The van der Waals surface area contributed by atoms with Gasteiger partial charge in [-0.1, -0.05) is 12.1 Å². The molecule has 0 aliphatic carbocycles. The first kappa shape index (κ1) is 16.4. The molecule has 118 valence electrons. The molecule has 1 heterocycles. The van der Waals surface area contributed by atoms with Crippen LogP contribution in [0.15, 0.2) is 29.2 Å². The van der Waals surface area contributed by atoms with Crippen molar-refractivity contribution >= 4 is 20.0 Å². The molecular weight excluding hydrogens is 314 g/mol. The van der Waals surface area contributed by atoms with Crippen LogP contribution in [-0.4, -0.2) is 35.2 Å². The van der Waals surface area contributed by atoms with Gasteiger partial charge in [-0.05, 0) is 37.1 Å². The summed E-state index contributed by atoms with van der Waals surface area (Å²) in [5.41, 5.74) is 0.676. The molecule has 1 unspecified atom stereocenters. The van der Waals surface area contributed by atoms with Gasteiger partial charge in [0.25, 0.3) is 0 Å². The molecule has 0 amide bonds. The summed E-state index contributed by atoms with van der Waals surface area (Å²) in [5.74, 6) is 0. The number of nitrogens with two attached hydrogens (primary N) is 1. The third kappa shape index (κ3) is 4.48. The first-order valence-electron chi connectivity index (χ1n) is 6.60. The van der Waals surface area contributed by atoms with E-state index >= 15 is 0 Å². The highest BCUT2D eigenvalue weighted by atomic mass is 32.2. The molecule has 1 aromatic rings. The summed E-state index contributed by atoms with van der Waals surface area (Å²) < 4.78 is 49.0. The van der Waals surface area contributed by atoms with Gasteiger partial charge in [0.05, 0.1) is 10.1 Å². The Morgan fingerprint density at radius 2 is 1.86 bits per heavy atom. The van der Waals surface area contributed by atoms with Gasteiger partial charge in [-0.2, -0.15) is 0 Å². The van der Waals surface area contributed by atoms with E-state index < -0.39 is 25.3 Å². The molecule has 0 spiro atoms. The highest BCUT2D eigenvalue weighted by Gasteiger charge is 2.26. The minimum absolute atomic E-state index is 0.00517. The third-order valence-corrected chi connectivity index (χ3v) is 6.18. The van der Waals surface area contributed by atoms with E-state index in [1.807, 2.05) is 0 Å². The van der Waals surface area contributed by atoms with Gasteiger partial charge < -0.3 is 5.32 Å².